The topological polar surface area (TPSA) is 84.6 Å². The minimum Gasteiger partial charge on any atom is -0.508 e. The van der Waals surface area contributed by atoms with Crippen molar-refractivity contribution in [3.8, 4) is 11.5 Å². The van der Waals surface area contributed by atoms with Gasteiger partial charge in [-0.05, 0) is 30.3 Å². The van der Waals surface area contributed by atoms with Crippen LogP contribution in [0.2, 0.25) is 0 Å². The van der Waals surface area contributed by atoms with Crippen LogP contribution in [0.3, 0.4) is 0 Å². The molecular weight excluding hydrogens is 279 g/mol. The molecule has 110 valence electrons. The lowest BCUT2D eigenvalue weighted by atomic mass is 10.1. The summed E-state index contributed by atoms with van der Waals surface area (Å²) >= 11 is 0. The second-order valence-electron chi connectivity index (χ2n) is 4.27. The van der Waals surface area contributed by atoms with Gasteiger partial charge in [-0.1, -0.05) is 0 Å². The van der Waals surface area contributed by atoms with Gasteiger partial charge in [-0.2, -0.15) is 0 Å². The first kappa shape index (κ1) is 14.6. The maximum absolute atomic E-state index is 13.0. The predicted octanol–water partition coefficient (Wildman–Crippen LogP) is 3.06. The Balaban J connectivity index is 2.22. The Kier molecular flexibility index (Phi) is 4.22. The lowest BCUT2D eigenvalue weighted by Crippen LogP contribution is -2.03. The molecule has 0 heterocycles. The minimum absolute atomic E-state index is 0.0352. The molecule has 6 nitrogen and oxygen atoms in total. The number of phenolic OH excluding ortho intramolecular Hbond substituents is 1. The molecule has 0 fully saturated rings. The van der Waals surface area contributed by atoms with Crippen LogP contribution in [0, 0.1) is 15.9 Å². The Morgan fingerprint density at radius 1 is 1.33 bits per heavy atom. The number of rotatable bonds is 5. The number of hydrogen-bond donors (Lipinski definition) is 2. The third-order valence-corrected chi connectivity index (χ3v) is 2.91. The van der Waals surface area contributed by atoms with Crippen LogP contribution >= 0.6 is 0 Å². The molecule has 0 aliphatic carbocycles. The van der Waals surface area contributed by atoms with E-state index >= 15 is 0 Å². The van der Waals surface area contributed by atoms with Crippen LogP contribution < -0.4 is 10.1 Å². The average Bonchev–Trinajstić information content (AvgIpc) is 2.47. The number of aromatic hydroxyl groups is 1. The van der Waals surface area contributed by atoms with Gasteiger partial charge in [0.25, 0.3) is 5.69 Å². The van der Waals surface area contributed by atoms with Crippen LogP contribution in [0.4, 0.5) is 15.8 Å². The van der Waals surface area contributed by atoms with Gasteiger partial charge in [-0.15, -0.1) is 0 Å². The van der Waals surface area contributed by atoms with E-state index in [0.717, 1.165) is 12.1 Å². The Labute approximate surface area is 119 Å². The fourth-order valence-electron chi connectivity index (χ4n) is 1.83. The van der Waals surface area contributed by atoms with Crippen molar-refractivity contribution in [3.63, 3.8) is 0 Å². The molecule has 2 rings (SSSR count). The summed E-state index contributed by atoms with van der Waals surface area (Å²) in [5.41, 5.74) is 0.314. The highest BCUT2D eigenvalue weighted by Crippen LogP contribution is 2.28. The summed E-state index contributed by atoms with van der Waals surface area (Å²) in [6, 6.07) is 7.92. The van der Waals surface area contributed by atoms with Gasteiger partial charge in [0.1, 0.15) is 23.0 Å². The molecule has 0 spiro atoms. The number of anilines is 1. The minimum atomic E-state index is -0.684. The molecule has 2 N–H and O–H groups in total. The quantitative estimate of drug-likeness (QED) is 0.653. The van der Waals surface area contributed by atoms with Crippen molar-refractivity contribution >= 4 is 11.4 Å². The number of nitro groups is 1. The highest BCUT2D eigenvalue weighted by Gasteiger charge is 2.15. The van der Waals surface area contributed by atoms with Crippen molar-refractivity contribution in [1.29, 1.82) is 0 Å². The van der Waals surface area contributed by atoms with Gasteiger partial charge in [0.05, 0.1) is 18.1 Å². The molecule has 0 amide bonds. The second-order valence-corrected chi connectivity index (χ2v) is 4.27. The molecule has 0 aliphatic heterocycles. The molecule has 7 heteroatoms. The first-order chi connectivity index (χ1) is 10.0. The van der Waals surface area contributed by atoms with E-state index in [-0.39, 0.29) is 23.7 Å². The molecule has 2 aromatic rings. The van der Waals surface area contributed by atoms with Gasteiger partial charge in [-0.25, -0.2) is 4.39 Å². The number of ether oxygens (including phenoxy) is 1. The maximum atomic E-state index is 13.0. The molecule has 0 radical (unpaired) electrons. The molecule has 0 aliphatic rings. The first-order valence-electron chi connectivity index (χ1n) is 6.05. The zero-order valence-corrected chi connectivity index (χ0v) is 11.2. The molecular formula is C14H13FN2O4. The molecule has 0 saturated heterocycles. The average molecular weight is 292 g/mol. The van der Waals surface area contributed by atoms with E-state index in [1.165, 1.54) is 19.2 Å². The van der Waals surface area contributed by atoms with Crippen molar-refractivity contribution in [2.45, 2.75) is 6.54 Å². The molecule has 21 heavy (non-hydrogen) atoms. The number of halogens is 1. The highest BCUT2D eigenvalue weighted by atomic mass is 19.1. The number of nitro benzene ring substituents is 1. The number of benzene rings is 2. The van der Waals surface area contributed by atoms with Crippen LogP contribution in [0.15, 0.2) is 36.4 Å². The van der Waals surface area contributed by atoms with Crippen LogP contribution in [0.25, 0.3) is 0 Å². The summed E-state index contributed by atoms with van der Waals surface area (Å²) in [6.45, 7) is 0.134. The predicted molar refractivity (Wildman–Crippen MR) is 75.0 cm³/mol. The number of phenols is 1. The fourth-order valence-corrected chi connectivity index (χ4v) is 1.83. The van der Waals surface area contributed by atoms with Crippen molar-refractivity contribution in [2.24, 2.45) is 0 Å². The summed E-state index contributed by atoms with van der Waals surface area (Å²) in [7, 11) is 1.49. The van der Waals surface area contributed by atoms with Gasteiger partial charge >= 0.3 is 0 Å². The van der Waals surface area contributed by atoms with Gasteiger partial charge in [0.15, 0.2) is 0 Å². The monoisotopic (exact) mass is 292 g/mol. The zero-order chi connectivity index (χ0) is 15.4. The molecule has 0 aromatic heterocycles. The summed E-state index contributed by atoms with van der Waals surface area (Å²) in [6.07, 6.45) is 0. The summed E-state index contributed by atoms with van der Waals surface area (Å²) in [4.78, 5) is 10.2. The van der Waals surface area contributed by atoms with E-state index in [4.69, 9.17) is 4.74 Å². The summed E-state index contributed by atoms with van der Waals surface area (Å²) in [5, 5.41) is 23.4. The maximum Gasteiger partial charge on any atom is 0.295 e. The van der Waals surface area contributed by atoms with E-state index in [2.05, 4.69) is 5.32 Å². The Morgan fingerprint density at radius 2 is 2.10 bits per heavy atom. The van der Waals surface area contributed by atoms with E-state index in [1.807, 2.05) is 0 Å². The molecule has 0 atom stereocenters. The van der Waals surface area contributed by atoms with Crippen molar-refractivity contribution in [2.75, 3.05) is 12.4 Å². The third kappa shape index (κ3) is 3.38. The fraction of sp³-hybridized carbons (Fsp3) is 0.143. The lowest BCUT2D eigenvalue weighted by molar-refractivity contribution is -0.384. The Hall–Kier alpha value is -2.83. The first-order valence-corrected chi connectivity index (χ1v) is 6.05. The van der Waals surface area contributed by atoms with Gasteiger partial charge in [-0.3, -0.25) is 10.1 Å². The van der Waals surface area contributed by atoms with Crippen LogP contribution in [-0.2, 0) is 6.54 Å². The number of methoxy groups -OCH3 is 1. The summed E-state index contributed by atoms with van der Waals surface area (Å²) < 4.78 is 18.1. The smallest absolute Gasteiger partial charge is 0.295 e. The summed E-state index contributed by atoms with van der Waals surface area (Å²) in [5.74, 6) is -0.0947. The largest absolute Gasteiger partial charge is 0.508 e. The molecule has 0 saturated carbocycles. The van der Waals surface area contributed by atoms with Crippen molar-refractivity contribution < 1.29 is 19.2 Å². The SMILES string of the molecule is COc1ccc(O)c(CNc2ccc(F)cc2[N+](=O)[O-])c1. The number of hydrogen-bond acceptors (Lipinski definition) is 5. The molecule has 2 aromatic carbocycles. The molecule has 0 unspecified atom stereocenters. The van der Waals surface area contributed by atoms with Crippen molar-refractivity contribution in [3.05, 3.63) is 57.9 Å². The Morgan fingerprint density at radius 3 is 2.76 bits per heavy atom. The normalized spacial score (nSPS) is 10.2. The van der Waals surface area contributed by atoms with Gasteiger partial charge < -0.3 is 15.2 Å². The zero-order valence-electron chi connectivity index (χ0n) is 11.2. The van der Waals surface area contributed by atoms with Gasteiger partial charge in [0.2, 0.25) is 0 Å². The van der Waals surface area contributed by atoms with Crippen LogP contribution in [0.5, 0.6) is 11.5 Å². The van der Waals surface area contributed by atoms with Crippen LogP contribution in [-0.4, -0.2) is 17.1 Å². The third-order valence-electron chi connectivity index (χ3n) is 2.91. The van der Waals surface area contributed by atoms with E-state index < -0.39 is 10.7 Å². The van der Waals surface area contributed by atoms with Crippen LogP contribution in [0.1, 0.15) is 5.56 Å². The standard InChI is InChI=1S/C14H13FN2O4/c1-21-11-3-5-14(18)9(6-11)8-16-12-4-2-10(15)7-13(12)17(19)20/h2-7,16,18H,8H2,1H3. The second kappa shape index (κ2) is 6.08. The van der Waals surface area contributed by atoms with E-state index in [0.29, 0.717) is 11.3 Å². The van der Waals surface area contributed by atoms with Crippen molar-refractivity contribution in [1.82, 2.24) is 0 Å². The molecule has 0 bridgehead atoms. The number of nitrogens with one attached hydrogen (secondary N) is 1. The van der Waals surface area contributed by atoms with Gasteiger partial charge in [0, 0.05) is 12.1 Å². The van der Waals surface area contributed by atoms with E-state index in [1.54, 1.807) is 12.1 Å². The lowest BCUT2D eigenvalue weighted by Gasteiger charge is -2.10. The highest BCUT2D eigenvalue weighted by molar-refractivity contribution is 5.61. The number of nitrogens with zero attached hydrogens (tertiary/aromatic N) is 1. The Bertz CT molecular complexity index is 676. The van der Waals surface area contributed by atoms with E-state index in [9.17, 15) is 19.6 Å².